The van der Waals surface area contributed by atoms with Crippen LogP contribution in [-0.2, 0) is 9.59 Å². The largest absolute Gasteiger partial charge is 0.493 e. The molecule has 6 heteroatoms. The van der Waals surface area contributed by atoms with Gasteiger partial charge < -0.3 is 15.4 Å². The Morgan fingerprint density at radius 3 is 2.26 bits per heavy atom. The fourth-order valence-electron chi connectivity index (χ4n) is 3.12. The lowest BCUT2D eigenvalue weighted by molar-refractivity contribution is -0.136. The van der Waals surface area contributed by atoms with Gasteiger partial charge in [0.2, 0.25) is 0 Å². The standard InChI is InChI=1S/C25H32N2O4/c1-16(2)13-22(21-11-6-7-12-23(21)31-15-17(3)4)27-25(30)24(29)26-20-10-8-9-19(14-20)18(5)28/h6-12,14,16-17,22H,13,15H2,1-5H3,(H,26,29)(H,27,30)/t22-/m0/s1. The minimum Gasteiger partial charge on any atom is -0.493 e. The number of carbonyl (C=O) groups is 3. The van der Waals surface area contributed by atoms with Gasteiger partial charge in [-0.15, -0.1) is 0 Å². The number of ketones is 1. The smallest absolute Gasteiger partial charge is 0.313 e. The first-order chi connectivity index (χ1) is 14.7. The maximum atomic E-state index is 12.7. The summed E-state index contributed by atoms with van der Waals surface area (Å²) in [6, 6.07) is 13.7. The van der Waals surface area contributed by atoms with Crippen molar-refractivity contribution in [3.8, 4) is 5.75 Å². The minimum absolute atomic E-state index is 0.115. The number of ether oxygens (including phenoxy) is 1. The van der Waals surface area contributed by atoms with Gasteiger partial charge in [-0.3, -0.25) is 14.4 Å². The lowest BCUT2D eigenvalue weighted by Crippen LogP contribution is -2.38. The quantitative estimate of drug-likeness (QED) is 0.449. The molecule has 0 aromatic heterocycles. The van der Waals surface area contributed by atoms with E-state index in [9.17, 15) is 14.4 Å². The van der Waals surface area contributed by atoms with E-state index in [0.29, 0.717) is 41.9 Å². The van der Waals surface area contributed by atoms with Crippen molar-refractivity contribution in [1.29, 1.82) is 0 Å². The average Bonchev–Trinajstić information content (AvgIpc) is 2.71. The molecule has 0 radical (unpaired) electrons. The Labute approximate surface area is 184 Å². The molecule has 0 aliphatic heterocycles. The molecule has 2 N–H and O–H groups in total. The van der Waals surface area contributed by atoms with Crippen LogP contribution in [0.2, 0.25) is 0 Å². The molecule has 1 atom stereocenters. The molecular formula is C25H32N2O4. The van der Waals surface area contributed by atoms with Gasteiger partial charge in [-0.25, -0.2) is 0 Å². The number of anilines is 1. The van der Waals surface area contributed by atoms with Gasteiger partial charge in [-0.2, -0.15) is 0 Å². The van der Waals surface area contributed by atoms with E-state index in [0.717, 1.165) is 5.56 Å². The molecule has 0 fully saturated rings. The van der Waals surface area contributed by atoms with Gasteiger partial charge in [0.25, 0.3) is 0 Å². The first-order valence-electron chi connectivity index (χ1n) is 10.6. The van der Waals surface area contributed by atoms with Crippen molar-refractivity contribution in [3.05, 3.63) is 59.7 Å². The summed E-state index contributed by atoms with van der Waals surface area (Å²) < 4.78 is 5.95. The summed E-state index contributed by atoms with van der Waals surface area (Å²) in [4.78, 5) is 36.7. The molecule has 0 aliphatic carbocycles. The van der Waals surface area contributed by atoms with Gasteiger partial charge in [0.05, 0.1) is 12.6 Å². The molecular weight excluding hydrogens is 392 g/mol. The van der Waals surface area contributed by atoms with Crippen LogP contribution in [0.4, 0.5) is 5.69 Å². The number of carbonyl (C=O) groups excluding carboxylic acids is 3. The van der Waals surface area contributed by atoms with E-state index in [-0.39, 0.29) is 11.8 Å². The molecule has 0 spiro atoms. The molecule has 0 unspecified atom stereocenters. The molecule has 2 aromatic rings. The SMILES string of the molecule is CC(=O)c1cccc(NC(=O)C(=O)N[C@@H](CC(C)C)c2ccccc2OCC(C)C)c1. The van der Waals surface area contributed by atoms with E-state index in [1.54, 1.807) is 24.3 Å². The summed E-state index contributed by atoms with van der Waals surface area (Å²) in [5.74, 6) is -0.277. The molecule has 0 heterocycles. The van der Waals surface area contributed by atoms with E-state index in [2.05, 4.69) is 38.3 Å². The summed E-state index contributed by atoms with van der Waals surface area (Å²) in [6.07, 6.45) is 0.654. The van der Waals surface area contributed by atoms with Crippen LogP contribution in [0.25, 0.3) is 0 Å². The number of amides is 2. The first kappa shape index (κ1) is 24.1. The van der Waals surface area contributed by atoms with Gasteiger partial charge in [-0.05, 0) is 43.4 Å². The Hall–Kier alpha value is -3.15. The molecule has 0 aliphatic rings. The monoisotopic (exact) mass is 424 g/mol. The van der Waals surface area contributed by atoms with Gasteiger partial charge >= 0.3 is 11.8 Å². The predicted molar refractivity (Wildman–Crippen MR) is 122 cm³/mol. The van der Waals surface area contributed by atoms with E-state index < -0.39 is 11.8 Å². The third-order valence-electron chi connectivity index (χ3n) is 4.61. The maximum Gasteiger partial charge on any atom is 0.313 e. The van der Waals surface area contributed by atoms with Crippen LogP contribution in [0, 0.1) is 11.8 Å². The Morgan fingerprint density at radius 2 is 1.61 bits per heavy atom. The van der Waals surface area contributed by atoms with Crippen molar-refractivity contribution in [3.63, 3.8) is 0 Å². The lowest BCUT2D eigenvalue weighted by atomic mass is 9.96. The van der Waals surface area contributed by atoms with Gasteiger partial charge in [0, 0.05) is 16.8 Å². The van der Waals surface area contributed by atoms with Gasteiger partial charge in [-0.1, -0.05) is 58.0 Å². The molecule has 2 amide bonds. The minimum atomic E-state index is -0.782. The molecule has 166 valence electrons. The van der Waals surface area contributed by atoms with Gasteiger partial charge in [0.1, 0.15) is 5.75 Å². The third kappa shape index (κ3) is 7.55. The van der Waals surface area contributed by atoms with Crippen molar-refractivity contribution in [1.82, 2.24) is 5.32 Å². The Balaban J connectivity index is 2.17. The highest BCUT2D eigenvalue weighted by Crippen LogP contribution is 2.30. The number of rotatable bonds is 9. The van der Waals surface area contributed by atoms with E-state index in [4.69, 9.17) is 4.74 Å². The zero-order valence-electron chi connectivity index (χ0n) is 18.9. The fraction of sp³-hybridized carbons (Fsp3) is 0.400. The van der Waals surface area contributed by atoms with Crippen LogP contribution in [0.5, 0.6) is 5.75 Å². The molecule has 0 bridgehead atoms. The van der Waals surface area contributed by atoms with Crippen LogP contribution >= 0.6 is 0 Å². The number of hydrogen-bond donors (Lipinski definition) is 2. The first-order valence-corrected chi connectivity index (χ1v) is 10.6. The summed E-state index contributed by atoms with van der Waals surface area (Å²) >= 11 is 0. The van der Waals surface area contributed by atoms with Crippen molar-refractivity contribution in [2.45, 2.75) is 47.1 Å². The number of hydrogen-bond acceptors (Lipinski definition) is 4. The molecule has 2 aromatic carbocycles. The summed E-state index contributed by atoms with van der Waals surface area (Å²) in [5.41, 5.74) is 1.71. The number of nitrogens with one attached hydrogen (secondary N) is 2. The highest BCUT2D eigenvalue weighted by Gasteiger charge is 2.23. The van der Waals surface area contributed by atoms with Crippen LogP contribution in [0.1, 0.15) is 63.0 Å². The van der Waals surface area contributed by atoms with Crippen molar-refractivity contribution < 1.29 is 19.1 Å². The zero-order valence-corrected chi connectivity index (χ0v) is 18.9. The zero-order chi connectivity index (χ0) is 23.0. The number of Topliss-reactive ketones (excluding diaryl/α,β-unsaturated/α-hetero) is 1. The predicted octanol–water partition coefficient (Wildman–Crippen LogP) is 4.77. The van der Waals surface area contributed by atoms with Crippen molar-refractivity contribution in [2.75, 3.05) is 11.9 Å². The molecule has 0 saturated carbocycles. The summed E-state index contributed by atoms with van der Waals surface area (Å²) in [7, 11) is 0. The van der Waals surface area contributed by atoms with Crippen LogP contribution in [0.15, 0.2) is 48.5 Å². The molecule has 2 rings (SSSR count). The second-order valence-electron chi connectivity index (χ2n) is 8.49. The highest BCUT2D eigenvalue weighted by atomic mass is 16.5. The fourth-order valence-corrected chi connectivity index (χ4v) is 3.12. The van der Waals surface area contributed by atoms with Crippen LogP contribution in [0.3, 0.4) is 0 Å². The van der Waals surface area contributed by atoms with Crippen molar-refractivity contribution >= 4 is 23.3 Å². The van der Waals surface area contributed by atoms with Crippen molar-refractivity contribution in [2.24, 2.45) is 11.8 Å². The maximum absolute atomic E-state index is 12.7. The average molecular weight is 425 g/mol. The van der Waals surface area contributed by atoms with E-state index >= 15 is 0 Å². The highest BCUT2D eigenvalue weighted by molar-refractivity contribution is 6.39. The van der Waals surface area contributed by atoms with E-state index in [1.165, 1.54) is 6.92 Å². The second kappa shape index (κ2) is 11.3. The molecule has 0 saturated heterocycles. The Bertz CT molecular complexity index is 921. The molecule has 31 heavy (non-hydrogen) atoms. The van der Waals surface area contributed by atoms with Gasteiger partial charge in [0.15, 0.2) is 5.78 Å². The van der Waals surface area contributed by atoms with E-state index in [1.807, 2.05) is 24.3 Å². The number of benzene rings is 2. The molecule has 6 nitrogen and oxygen atoms in total. The van der Waals surface area contributed by atoms with Crippen LogP contribution in [-0.4, -0.2) is 24.2 Å². The Kier molecular flexibility index (Phi) is 8.79. The topological polar surface area (TPSA) is 84.5 Å². The summed E-state index contributed by atoms with van der Waals surface area (Å²) in [6.45, 7) is 10.3. The van der Waals surface area contributed by atoms with Crippen LogP contribution < -0.4 is 15.4 Å². The summed E-state index contributed by atoms with van der Waals surface area (Å²) in [5, 5.41) is 5.42. The third-order valence-corrected chi connectivity index (χ3v) is 4.61. The number of para-hydroxylation sites is 1. The Morgan fingerprint density at radius 1 is 0.903 bits per heavy atom. The normalized spacial score (nSPS) is 11.8. The second-order valence-corrected chi connectivity index (χ2v) is 8.49. The lowest BCUT2D eigenvalue weighted by Gasteiger charge is -2.23.